The minimum atomic E-state index is -0.528. The van der Waals surface area contributed by atoms with Crippen molar-refractivity contribution in [2.45, 2.75) is 0 Å². The van der Waals surface area contributed by atoms with Crippen molar-refractivity contribution < 1.29 is 14.3 Å². The Morgan fingerprint density at radius 3 is 2.52 bits per heavy atom. The van der Waals surface area contributed by atoms with E-state index >= 15 is 0 Å². The van der Waals surface area contributed by atoms with Gasteiger partial charge >= 0.3 is 0 Å². The fraction of sp³-hybridized carbons (Fsp3) is 0.227. The second-order valence-electron chi connectivity index (χ2n) is 7.07. The van der Waals surface area contributed by atoms with Gasteiger partial charge < -0.3 is 25.4 Å². The zero-order valence-corrected chi connectivity index (χ0v) is 17.8. The molecule has 0 aliphatic carbocycles. The molecule has 0 atom stereocenters. The molecule has 0 unspecified atom stereocenters. The molecule has 1 aliphatic rings. The number of carbonyl (C=O) groups excluding carboxylic acids is 1. The molecule has 1 saturated heterocycles. The Morgan fingerprint density at radius 1 is 1.06 bits per heavy atom. The van der Waals surface area contributed by atoms with Crippen LogP contribution in [-0.4, -0.2) is 60.0 Å². The lowest BCUT2D eigenvalue weighted by Gasteiger charge is -2.27. The van der Waals surface area contributed by atoms with Gasteiger partial charge in [-0.2, -0.15) is 20.1 Å². The van der Waals surface area contributed by atoms with Crippen LogP contribution in [0.4, 0.5) is 23.5 Å². The molecule has 1 amide bonds. The first-order valence-electron chi connectivity index (χ1n) is 10.4. The van der Waals surface area contributed by atoms with Gasteiger partial charge in [0.05, 0.1) is 19.4 Å². The van der Waals surface area contributed by atoms with Gasteiger partial charge in [-0.15, -0.1) is 0 Å². The van der Waals surface area contributed by atoms with E-state index in [1.807, 2.05) is 35.2 Å². The monoisotopic (exact) mass is 448 g/mol. The topological polar surface area (TPSA) is 140 Å². The van der Waals surface area contributed by atoms with E-state index in [-0.39, 0.29) is 6.61 Å². The minimum absolute atomic E-state index is 0.167. The average molecular weight is 448 g/mol. The van der Waals surface area contributed by atoms with Crippen LogP contribution < -0.4 is 26.1 Å². The highest BCUT2D eigenvalue weighted by atomic mass is 16.5. The molecule has 0 bridgehead atoms. The van der Waals surface area contributed by atoms with Gasteiger partial charge in [0.25, 0.3) is 5.91 Å². The number of nitrogens with zero attached hydrogens (tertiary/aromatic N) is 5. The molecule has 1 fully saturated rings. The minimum Gasteiger partial charge on any atom is -0.484 e. The summed E-state index contributed by atoms with van der Waals surface area (Å²) in [7, 11) is 0. The van der Waals surface area contributed by atoms with Crippen LogP contribution in [0.5, 0.6) is 5.75 Å². The average Bonchev–Trinajstić information content (AvgIpc) is 2.84. The zero-order chi connectivity index (χ0) is 22.9. The predicted molar refractivity (Wildman–Crippen MR) is 125 cm³/mol. The smallest absolute Gasteiger partial charge is 0.255 e. The molecule has 11 nitrogen and oxygen atoms in total. The van der Waals surface area contributed by atoms with Gasteiger partial charge in [-0.25, -0.2) is 5.43 Å². The summed E-state index contributed by atoms with van der Waals surface area (Å²) in [5, 5.41) is 7.44. The van der Waals surface area contributed by atoms with Crippen LogP contribution in [0.2, 0.25) is 0 Å². The van der Waals surface area contributed by atoms with Crippen molar-refractivity contribution >= 4 is 35.7 Å². The van der Waals surface area contributed by atoms with Crippen LogP contribution in [0, 0.1) is 0 Å². The molecule has 33 heavy (non-hydrogen) atoms. The van der Waals surface area contributed by atoms with Crippen LogP contribution in [-0.2, 0) is 9.53 Å². The van der Waals surface area contributed by atoms with E-state index in [1.165, 1.54) is 0 Å². The van der Waals surface area contributed by atoms with Gasteiger partial charge in [0.15, 0.2) is 6.61 Å². The molecule has 0 spiro atoms. The maximum absolute atomic E-state index is 10.8. The van der Waals surface area contributed by atoms with Crippen LogP contribution >= 0.6 is 0 Å². The second-order valence-corrected chi connectivity index (χ2v) is 7.07. The number of primary amides is 1. The number of aromatic nitrogens is 3. The van der Waals surface area contributed by atoms with E-state index < -0.39 is 5.91 Å². The van der Waals surface area contributed by atoms with Crippen molar-refractivity contribution in [3.63, 3.8) is 0 Å². The highest BCUT2D eigenvalue weighted by Gasteiger charge is 2.16. The molecule has 1 aliphatic heterocycles. The maximum atomic E-state index is 10.8. The number of benzene rings is 2. The Kier molecular flexibility index (Phi) is 7.23. The molecule has 1 aromatic heterocycles. The summed E-state index contributed by atoms with van der Waals surface area (Å²) in [5.41, 5.74) is 9.63. The lowest BCUT2D eigenvalue weighted by molar-refractivity contribution is -0.119. The molecular formula is C22H24N8O3. The number of hydrogen-bond acceptors (Lipinski definition) is 10. The van der Waals surface area contributed by atoms with Crippen LogP contribution in [0.15, 0.2) is 59.7 Å². The lowest BCUT2D eigenvalue weighted by Crippen LogP contribution is -2.37. The Balaban J connectivity index is 1.47. The first kappa shape index (κ1) is 22.0. The molecule has 2 heterocycles. The van der Waals surface area contributed by atoms with Crippen LogP contribution in [0.3, 0.4) is 0 Å². The number of ether oxygens (including phenoxy) is 2. The summed E-state index contributed by atoms with van der Waals surface area (Å²) in [6.45, 7) is 2.46. The van der Waals surface area contributed by atoms with Crippen molar-refractivity contribution in [2.75, 3.05) is 48.6 Å². The number of para-hydroxylation sites is 1. The second kappa shape index (κ2) is 10.9. The summed E-state index contributed by atoms with van der Waals surface area (Å²) >= 11 is 0. The summed E-state index contributed by atoms with van der Waals surface area (Å²) in [4.78, 5) is 26.3. The number of nitrogens with two attached hydrogens (primary N) is 1. The number of nitrogens with one attached hydrogen (secondary N) is 2. The number of anilines is 4. The highest BCUT2D eigenvalue weighted by Crippen LogP contribution is 2.18. The number of amides is 1. The molecule has 4 N–H and O–H groups in total. The molecular weight excluding hydrogens is 424 g/mol. The lowest BCUT2D eigenvalue weighted by atomic mass is 10.2. The summed E-state index contributed by atoms with van der Waals surface area (Å²) < 4.78 is 10.7. The van der Waals surface area contributed by atoms with Crippen molar-refractivity contribution in [1.29, 1.82) is 0 Å². The largest absolute Gasteiger partial charge is 0.484 e. The molecule has 3 aromatic rings. The number of morpholine rings is 1. The first-order valence-corrected chi connectivity index (χ1v) is 10.4. The fourth-order valence-electron chi connectivity index (χ4n) is 3.00. The molecule has 0 saturated carbocycles. The van der Waals surface area contributed by atoms with Gasteiger partial charge in [0.2, 0.25) is 17.8 Å². The number of hydrazone groups is 1. The predicted octanol–water partition coefficient (Wildman–Crippen LogP) is 1.76. The quantitative estimate of drug-likeness (QED) is 0.330. The molecule has 11 heteroatoms. The van der Waals surface area contributed by atoms with Gasteiger partial charge in [-0.05, 0) is 42.0 Å². The highest BCUT2D eigenvalue weighted by molar-refractivity contribution is 5.80. The summed E-state index contributed by atoms with van der Waals surface area (Å²) in [6, 6.07) is 16.7. The summed E-state index contributed by atoms with van der Waals surface area (Å²) in [6.07, 6.45) is 1.63. The van der Waals surface area contributed by atoms with E-state index in [1.54, 1.807) is 30.5 Å². The van der Waals surface area contributed by atoms with Crippen LogP contribution in [0.25, 0.3) is 0 Å². The van der Waals surface area contributed by atoms with Gasteiger partial charge in [-0.3, -0.25) is 4.79 Å². The fourth-order valence-corrected chi connectivity index (χ4v) is 3.00. The summed E-state index contributed by atoms with van der Waals surface area (Å²) in [5.74, 6) is 1.28. The third-order valence-corrected chi connectivity index (χ3v) is 4.59. The zero-order valence-electron chi connectivity index (χ0n) is 17.8. The van der Waals surface area contributed by atoms with E-state index in [2.05, 4.69) is 30.8 Å². The van der Waals surface area contributed by atoms with Gasteiger partial charge in [-0.1, -0.05) is 18.2 Å². The third kappa shape index (κ3) is 6.61. The third-order valence-electron chi connectivity index (χ3n) is 4.59. The molecule has 170 valence electrons. The van der Waals surface area contributed by atoms with Gasteiger partial charge in [0, 0.05) is 18.8 Å². The number of rotatable bonds is 9. The van der Waals surface area contributed by atoms with Crippen molar-refractivity contribution in [3.8, 4) is 5.75 Å². The molecule has 4 rings (SSSR count). The van der Waals surface area contributed by atoms with E-state index in [0.29, 0.717) is 49.9 Å². The van der Waals surface area contributed by atoms with Crippen LogP contribution in [0.1, 0.15) is 5.56 Å². The van der Waals surface area contributed by atoms with E-state index in [0.717, 1.165) is 11.3 Å². The Labute approximate surface area is 190 Å². The first-order chi connectivity index (χ1) is 16.2. The van der Waals surface area contributed by atoms with Crippen molar-refractivity contribution in [3.05, 3.63) is 60.2 Å². The Morgan fingerprint density at radius 2 is 1.79 bits per heavy atom. The standard InChI is InChI=1S/C22H24N8O3/c23-19(31)15-33-18-8-6-16(7-9-18)14-24-29-21-26-20(25-17-4-2-1-3-5-17)27-22(28-21)30-10-12-32-13-11-30/h1-9,14H,10-13,15H2,(H2,23,31)(H2,25,26,27,28,29)/b24-14+. The normalized spacial score (nSPS) is 13.6. The van der Waals surface area contributed by atoms with E-state index in [4.69, 9.17) is 15.2 Å². The Hall–Kier alpha value is -4.25. The maximum Gasteiger partial charge on any atom is 0.255 e. The van der Waals surface area contributed by atoms with Crippen molar-refractivity contribution in [1.82, 2.24) is 15.0 Å². The Bertz CT molecular complexity index is 1090. The molecule has 0 radical (unpaired) electrons. The number of hydrogen-bond donors (Lipinski definition) is 3. The van der Waals surface area contributed by atoms with Crippen molar-refractivity contribution in [2.24, 2.45) is 10.8 Å². The number of carbonyl (C=O) groups is 1. The molecule has 2 aromatic carbocycles. The SMILES string of the molecule is NC(=O)COc1ccc(/C=N/Nc2nc(Nc3ccccc3)nc(N3CCOCC3)n2)cc1. The van der Waals surface area contributed by atoms with Gasteiger partial charge in [0.1, 0.15) is 5.75 Å². The van der Waals surface area contributed by atoms with E-state index in [9.17, 15) is 4.79 Å².